The highest BCUT2D eigenvalue weighted by Gasteiger charge is 2.29. The normalized spacial score (nSPS) is 15.3. The van der Waals surface area contributed by atoms with Gasteiger partial charge in [-0.15, -0.1) is 4.40 Å². The van der Waals surface area contributed by atoms with Crippen molar-refractivity contribution in [3.8, 4) is 11.5 Å². The van der Waals surface area contributed by atoms with Gasteiger partial charge in [0.2, 0.25) is 0 Å². The van der Waals surface area contributed by atoms with Crippen molar-refractivity contribution < 1.29 is 18.6 Å². The molecule has 3 aromatic carbocycles. The van der Waals surface area contributed by atoms with Crippen LogP contribution in [-0.2, 0) is 10.0 Å². The van der Waals surface area contributed by atoms with Gasteiger partial charge in [0.05, 0.1) is 10.2 Å². The largest absolute Gasteiger partial charge is 0.506 e. The lowest BCUT2D eigenvalue weighted by Gasteiger charge is -2.20. The van der Waals surface area contributed by atoms with Crippen molar-refractivity contribution in [3.05, 3.63) is 58.6 Å². The Labute approximate surface area is 151 Å². The summed E-state index contributed by atoms with van der Waals surface area (Å²) in [7, 11) is -3.95. The summed E-state index contributed by atoms with van der Waals surface area (Å²) in [5, 5.41) is 25.1. The standard InChI is InChI=1S/C17H11BrN2O4S/c18-14-9-5-1-2-6-10(9)15(21)13(16(14)22)17-19-11-7-3-4-8-12(11)25(23,24)20-17/h1-8,21-22H,(H,19,20). The molecule has 0 saturated heterocycles. The SMILES string of the molecule is O=S1(=O)N=C(c2c(O)c(Br)c3ccccc3c2O)Nc2ccccc21. The van der Waals surface area contributed by atoms with Gasteiger partial charge in [0, 0.05) is 10.8 Å². The number of nitrogens with one attached hydrogen (secondary N) is 1. The van der Waals surface area contributed by atoms with Gasteiger partial charge in [0.15, 0.2) is 5.84 Å². The van der Waals surface area contributed by atoms with Gasteiger partial charge in [0.1, 0.15) is 22.0 Å². The van der Waals surface area contributed by atoms with Crippen molar-refractivity contribution in [1.82, 2.24) is 0 Å². The summed E-state index contributed by atoms with van der Waals surface area (Å²) in [6.07, 6.45) is 0. The van der Waals surface area contributed by atoms with Gasteiger partial charge in [-0.2, -0.15) is 8.42 Å². The van der Waals surface area contributed by atoms with E-state index in [0.29, 0.717) is 20.9 Å². The average molecular weight is 419 g/mol. The third kappa shape index (κ3) is 2.37. The van der Waals surface area contributed by atoms with Crippen LogP contribution in [0.2, 0.25) is 0 Å². The molecule has 0 atom stereocenters. The molecule has 0 amide bonds. The Hall–Kier alpha value is -2.58. The van der Waals surface area contributed by atoms with E-state index in [9.17, 15) is 18.6 Å². The van der Waals surface area contributed by atoms with E-state index in [1.807, 2.05) is 0 Å². The van der Waals surface area contributed by atoms with Crippen molar-refractivity contribution >= 4 is 48.2 Å². The Morgan fingerprint density at radius 1 is 0.920 bits per heavy atom. The predicted molar refractivity (Wildman–Crippen MR) is 98.8 cm³/mol. The van der Waals surface area contributed by atoms with Crippen molar-refractivity contribution in [2.45, 2.75) is 4.90 Å². The number of phenolic OH excluding ortho intramolecular Hbond substituents is 2. The minimum atomic E-state index is -3.95. The summed E-state index contributed by atoms with van der Waals surface area (Å²) in [6.45, 7) is 0. The van der Waals surface area contributed by atoms with E-state index in [1.54, 1.807) is 42.5 Å². The molecule has 4 rings (SSSR count). The third-order valence-electron chi connectivity index (χ3n) is 3.97. The van der Waals surface area contributed by atoms with E-state index in [2.05, 4.69) is 25.6 Å². The summed E-state index contributed by atoms with van der Waals surface area (Å²) in [4.78, 5) is 0.0394. The number of sulfonamides is 1. The van der Waals surface area contributed by atoms with Crippen LogP contribution < -0.4 is 5.32 Å². The number of fused-ring (bicyclic) bond motifs is 2. The van der Waals surface area contributed by atoms with E-state index in [1.165, 1.54) is 6.07 Å². The van der Waals surface area contributed by atoms with Crippen LogP contribution in [0.5, 0.6) is 11.5 Å². The van der Waals surface area contributed by atoms with Gasteiger partial charge in [-0.05, 0) is 28.1 Å². The number of aromatic hydroxyl groups is 2. The first kappa shape index (κ1) is 15.9. The Bertz CT molecular complexity index is 1170. The molecule has 25 heavy (non-hydrogen) atoms. The maximum atomic E-state index is 12.4. The monoisotopic (exact) mass is 418 g/mol. The third-order valence-corrected chi connectivity index (χ3v) is 6.10. The fraction of sp³-hybridized carbons (Fsp3) is 0. The number of para-hydroxylation sites is 1. The summed E-state index contributed by atoms with van der Waals surface area (Å²) >= 11 is 3.30. The fourth-order valence-corrected chi connectivity index (χ4v) is 4.48. The fourth-order valence-electron chi connectivity index (χ4n) is 2.81. The maximum Gasteiger partial charge on any atom is 0.286 e. The lowest BCUT2D eigenvalue weighted by atomic mass is 10.0. The van der Waals surface area contributed by atoms with Gasteiger partial charge in [-0.1, -0.05) is 36.4 Å². The summed E-state index contributed by atoms with van der Waals surface area (Å²) < 4.78 is 28.9. The molecule has 1 heterocycles. The zero-order valence-corrected chi connectivity index (χ0v) is 15.0. The number of phenols is 2. The number of hydrogen-bond acceptors (Lipinski definition) is 5. The van der Waals surface area contributed by atoms with Crippen LogP contribution in [0.1, 0.15) is 5.56 Å². The van der Waals surface area contributed by atoms with Crippen LogP contribution in [0.25, 0.3) is 10.8 Å². The smallest absolute Gasteiger partial charge is 0.286 e. The van der Waals surface area contributed by atoms with Gasteiger partial charge < -0.3 is 15.5 Å². The van der Waals surface area contributed by atoms with Crippen LogP contribution in [0, 0.1) is 0 Å². The highest BCUT2D eigenvalue weighted by molar-refractivity contribution is 9.10. The molecule has 1 aliphatic rings. The highest BCUT2D eigenvalue weighted by atomic mass is 79.9. The van der Waals surface area contributed by atoms with Crippen LogP contribution >= 0.6 is 15.9 Å². The predicted octanol–water partition coefficient (Wildman–Crippen LogP) is 3.57. The second-order valence-electron chi connectivity index (χ2n) is 5.47. The molecular formula is C17H11BrN2O4S. The zero-order valence-electron chi connectivity index (χ0n) is 12.6. The summed E-state index contributed by atoms with van der Waals surface area (Å²) in [6, 6.07) is 13.2. The minimum Gasteiger partial charge on any atom is -0.506 e. The number of nitrogens with zero attached hydrogens (tertiary/aromatic N) is 1. The minimum absolute atomic E-state index is 0.0394. The molecular weight excluding hydrogens is 408 g/mol. The number of benzene rings is 3. The molecule has 0 bridgehead atoms. The summed E-state index contributed by atoms with van der Waals surface area (Å²) in [5.74, 6) is -0.686. The van der Waals surface area contributed by atoms with Crippen LogP contribution in [0.3, 0.4) is 0 Å². The van der Waals surface area contributed by atoms with Crippen molar-refractivity contribution in [2.75, 3.05) is 5.32 Å². The van der Waals surface area contributed by atoms with Gasteiger partial charge in [-0.3, -0.25) is 0 Å². The van der Waals surface area contributed by atoms with Crippen molar-refractivity contribution in [3.63, 3.8) is 0 Å². The Kier molecular flexibility index (Phi) is 3.48. The Morgan fingerprint density at radius 3 is 2.32 bits per heavy atom. The van der Waals surface area contributed by atoms with E-state index in [-0.39, 0.29) is 27.8 Å². The van der Waals surface area contributed by atoms with Crippen LogP contribution in [0.4, 0.5) is 5.69 Å². The lowest BCUT2D eigenvalue weighted by Crippen LogP contribution is -2.22. The second kappa shape index (κ2) is 5.47. The Morgan fingerprint density at radius 2 is 1.56 bits per heavy atom. The van der Waals surface area contributed by atoms with Crippen molar-refractivity contribution in [1.29, 1.82) is 0 Å². The van der Waals surface area contributed by atoms with E-state index in [4.69, 9.17) is 0 Å². The van der Waals surface area contributed by atoms with E-state index < -0.39 is 10.0 Å². The maximum absolute atomic E-state index is 12.4. The number of rotatable bonds is 1. The molecule has 8 heteroatoms. The first-order valence-electron chi connectivity index (χ1n) is 7.23. The van der Waals surface area contributed by atoms with Crippen LogP contribution in [-0.4, -0.2) is 24.5 Å². The van der Waals surface area contributed by atoms with Crippen LogP contribution in [0.15, 0.2) is 62.3 Å². The first-order chi connectivity index (χ1) is 11.9. The molecule has 0 saturated carbocycles. The number of anilines is 1. The number of halogens is 1. The Balaban J connectivity index is 2.03. The molecule has 6 nitrogen and oxygen atoms in total. The molecule has 3 aromatic rings. The zero-order chi connectivity index (χ0) is 17.8. The number of amidine groups is 1. The molecule has 0 aromatic heterocycles. The lowest BCUT2D eigenvalue weighted by molar-refractivity contribution is 0.451. The van der Waals surface area contributed by atoms with E-state index >= 15 is 0 Å². The van der Waals surface area contributed by atoms with Gasteiger partial charge in [0.25, 0.3) is 10.0 Å². The molecule has 0 aliphatic carbocycles. The average Bonchev–Trinajstić information content (AvgIpc) is 2.59. The second-order valence-corrected chi connectivity index (χ2v) is 7.83. The number of hydrogen-bond donors (Lipinski definition) is 3. The quantitative estimate of drug-likeness (QED) is 0.560. The molecule has 3 N–H and O–H groups in total. The first-order valence-corrected chi connectivity index (χ1v) is 9.47. The molecule has 0 unspecified atom stereocenters. The van der Waals surface area contributed by atoms with E-state index in [0.717, 1.165) is 0 Å². The summed E-state index contributed by atoms with van der Waals surface area (Å²) in [5.41, 5.74) is 0.249. The topological polar surface area (TPSA) is 99.0 Å². The molecule has 0 fully saturated rings. The molecule has 0 spiro atoms. The molecule has 0 radical (unpaired) electrons. The molecule has 1 aliphatic heterocycles. The van der Waals surface area contributed by atoms with Crippen molar-refractivity contribution in [2.24, 2.45) is 4.40 Å². The van der Waals surface area contributed by atoms with Gasteiger partial charge in [-0.25, -0.2) is 0 Å². The highest BCUT2D eigenvalue weighted by Crippen LogP contribution is 2.44. The van der Waals surface area contributed by atoms with Gasteiger partial charge >= 0.3 is 0 Å². The molecule has 126 valence electrons.